The molecule has 0 atom stereocenters. The summed E-state index contributed by atoms with van der Waals surface area (Å²) in [6.07, 6.45) is 1.06. The number of hydrogen-bond acceptors (Lipinski definition) is 2. The molecule has 1 aromatic heterocycles. The van der Waals surface area contributed by atoms with Crippen molar-refractivity contribution in [2.24, 2.45) is 0 Å². The van der Waals surface area contributed by atoms with Crippen molar-refractivity contribution in [3.63, 3.8) is 0 Å². The molecule has 4 heteroatoms. The number of benzene rings is 1. The maximum atomic E-state index is 6.23. The number of nitrogens with zero attached hydrogens (tertiary/aromatic N) is 1. The maximum Gasteiger partial charge on any atom is 0.0927 e. The SMILES string of the molecule is CCCNc1cc(C)nc2c(Cl)ccc(Cl)c12. The second-order valence-electron chi connectivity index (χ2n) is 3.99. The second-order valence-corrected chi connectivity index (χ2v) is 4.81. The summed E-state index contributed by atoms with van der Waals surface area (Å²) in [4.78, 5) is 4.45. The van der Waals surface area contributed by atoms with Crippen molar-refractivity contribution >= 4 is 39.8 Å². The van der Waals surface area contributed by atoms with Crippen LogP contribution in [0.1, 0.15) is 19.0 Å². The van der Waals surface area contributed by atoms with Gasteiger partial charge in [0.15, 0.2) is 0 Å². The lowest BCUT2D eigenvalue weighted by Crippen LogP contribution is -2.02. The first-order chi connectivity index (χ1) is 8.13. The van der Waals surface area contributed by atoms with Gasteiger partial charge in [0, 0.05) is 23.3 Å². The van der Waals surface area contributed by atoms with E-state index in [0.29, 0.717) is 10.0 Å². The number of halogens is 2. The van der Waals surface area contributed by atoms with Gasteiger partial charge in [0.25, 0.3) is 0 Å². The molecule has 0 aliphatic carbocycles. The van der Waals surface area contributed by atoms with Crippen molar-refractivity contribution < 1.29 is 0 Å². The Morgan fingerprint density at radius 2 is 1.94 bits per heavy atom. The zero-order chi connectivity index (χ0) is 12.4. The van der Waals surface area contributed by atoms with Crippen LogP contribution in [0, 0.1) is 6.92 Å². The Morgan fingerprint density at radius 3 is 2.65 bits per heavy atom. The first-order valence-electron chi connectivity index (χ1n) is 5.62. The maximum absolute atomic E-state index is 6.23. The largest absolute Gasteiger partial charge is 0.384 e. The van der Waals surface area contributed by atoms with Crippen molar-refractivity contribution in [3.8, 4) is 0 Å². The van der Waals surface area contributed by atoms with Gasteiger partial charge in [-0.25, -0.2) is 0 Å². The number of rotatable bonds is 3. The fraction of sp³-hybridized carbons (Fsp3) is 0.308. The van der Waals surface area contributed by atoms with E-state index in [4.69, 9.17) is 23.2 Å². The van der Waals surface area contributed by atoms with Crippen LogP contribution in [-0.2, 0) is 0 Å². The topological polar surface area (TPSA) is 24.9 Å². The minimum absolute atomic E-state index is 0.632. The lowest BCUT2D eigenvalue weighted by molar-refractivity contribution is 0.980. The summed E-state index contributed by atoms with van der Waals surface area (Å²) in [5.74, 6) is 0. The molecular formula is C13H14Cl2N2. The number of nitrogens with one attached hydrogen (secondary N) is 1. The van der Waals surface area contributed by atoms with Gasteiger partial charge in [-0.1, -0.05) is 30.1 Å². The van der Waals surface area contributed by atoms with E-state index in [2.05, 4.69) is 17.2 Å². The molecule has 0 bridgehead atoms. The molecule has 0 amide bonds. The Balaban J connectivity index is 2.68. The Morgan fingerprint density at radius 1 is 1.24 bits per heavy atom. The zero-order valence-corrected chi connectivity index (χ0v) is 11.4. The van der Waals surface area contributed by atoms with E-state index in [-0.39, 0.29) is 0 Å². The average molecular weight is 269 g/mol. The average Bonchev–Trinajstić information content (AvgIpc) is 2.30. The van der Waals surface area contributed by atoms with Gasteiger partial charge in [0.05, 0.1) is 15.6 Å². The Labute approximate surface area is 111 Å². The van der Waals surface area contributed by atoms with Gasteiger partial charge in [-0.15, -0.1) is 0 Å². The molecule has 2 aromatic rings. The molecule has 0 saturated heterocycles. The summed E-state index contributed by atoms with van der Waals surface area (Å²) in [5.41, 5.74) is 2.69. The summed E-state index contributed by atoms with van der Waals surface area (Å²) in [6.45, 7) is 4.98. The summed E-state index contributed by atoms with van der Waals surface area (Å²) in [7, 11) is 0. The highest BCUT2D eigenvalue weighted by atomic mass is 35.5. The normalized spacial score (nSPS) is 10.8. The minimum atomic E-state index is 0.632. The van der Waals surface area contributed by atoms with E-state index in [1.54, 1.807) is 12.1 Å². The van der Waals surface area contributed by atoms with Gasteiger partial charge in [-0.2, -0.15) is 0 Å². The van der Waals surface area contributed by atoms with Gasteiger partial charge in [0.1, 0.15) is 0 Å². The van der Waals surface area contributed by atoms with Gasteiger partial charge in [-0.3, -0.25) is 4.98 Å². The van der Waals surface area contributed by atoms with Crippen LogP contribution in [0.25, 0.3) is 10.9 Å². The molecule has 2 rings (SSSR count). The lowest BCUT2D eigenvalue weighted by Gasteiger charge is -2.12. The number of fused-ring (bicyclic) bond motifs is 1. The van der Waals surface area contributed by atoms with Crippen LogP contribution in [-0.4, -0.2) is 11.5 Å². The Hall–Kier alpha value is -0.990. The van der Waals surface area contributed by atoms with Crippen molar-refractivity contribution in [1.29, 1.82) is 0 Å². The number of aryl methyl sites for hydroxylation is 1. The number of aromatic nitrogens is 1. The van der Waals surface area contributed by atoms with Crippen LogP contribution >= 0.6 is 23.2 Å². The summed E-state index contributed by atoms with van der Waals surface area (Å²) in [6, 6.07) is 5.59. The first kappa shape index (κ1) is 12.5. The van der Waals surface area contributed by atoms with Gasteiger partial charge in [-0.05, 0) is 31.5 Å². The first-order valence-corrected chi connectivity index (χ1v) is 6.38. The second kappa shape index (κ2) is 5.11. The molecule has 0 aliphatic heterocycles. The summed E-state index contributed by atoms with van der Waals surface area (Å²) >= 11 is 12.4. The molecule has 0 unspecified atom stereocenters. The number of hydrogen-bond donors (Lipinski definition) is 1. The fourth-order valence-electron chi connectivity index (χ4n) is 1.80. The van der Waals surface area contributed by atoms with Crippen molar-refractivity contribution in [2.45, 2.75) is 20.3 Å². The predicted molar refractivity (Wildman–Crippen MR) is 75.3 cm³/mol. The molecule has 0 aliphatic rings. The highest BCUT2D eigenvalue weighted by Crippen LogP contribution is 2.34. The predicted octanol–water partition coefficient (Wildman–Crippen LogP) is 4.67. The summed E-state index contributed by atoms with van der Waals surface area (Å²) < 4.78 is 0. The third-order valence-electron chi connectivity index (χ3n) is 2.55. The van der Waals surface area contributed by atoms with Crippen LogP contribution < -0.4 is 5.32 Å². The molecule has 0 spiro atoms. The van der Waals surface area contributed by atoms with Crippen LogP contribution in [0.15, 0.2) is 18.2 Å². The van der Waals surface area contributed by atoms with Gasteiger partial charge in [0.2, 0.25) is 0 Å². The highest BCUT2D eigenvalue weighted by molar-refractivity contribution is 6.40. The summed E-state index contributed by atoms with van der Waals surface area (Å²) in [5, 5.41) is 5.57. The molecule has 90 valence electrons. The third-order valence-corrected chi connectivity index (χ3v) is 3.17. The molecule has 1 N–H and O–H groups in total. The van der Waals surface area contributed by atoms with Gasteiger partial charge >= 0.3 is 0 Å². The Bertz CT molecular complexity index is 553. The third kappa shape index (κ3) is 2.48. The molecule has 1 heterocycles. The van der Waals surface area contributed by atoms with E-state index in [0.717, 1.165) is 35.2 Å². The van der Waals surface area contributed by atoms with E-state index >= 15 is 0 Å². The van der Waals surface area contributed by atoms with E-state index in [9.17, 15) is 0 Å². The van der Waals surface area contributed by atoms with Crippen LogP contribution in [0.2, 0.25) is 10.0 Å². The molecule has 2 nitrogen and oxygen atoms in total. The van der Waals surface area contributed by atoms with Crippen LogP contribution in [0.5, 0.6) is 0 Å². The minimum Gasteiger partial charge on any atom is -0.384 e. The quantitative estimate of drug-likeness (QED) is 0.875. The fourth-order valence-corrected chi connectivity index (χ4v) is 2.25. The highest BCUT2D eigenvalue weighted by Gasteiger charge is 2.10. The molecule has 0 saturated carbocycles. The van der Waals surface area contributed by atoms with Crippen molar-refractivity contribution in [1.82, 2.24) is 4.98 Å². The molecule has 0 radical (unpaired) electrons. The number of pyridine rings is 1. The molecule has 0 fully saturated rings. The van der Waals surface area contributed by atoms with Gasteiger partial charge < -0.3 is 5.32 Å². The van der Waals surface area contributed by atoms with Crippen molar-refractivity contribution in [3.05, 3.63) is 33.9 Å². The molecular weight excluding hydrogens is 255 g/mol. The van der Waals surface area contributed by atoms with E-state index < -0.39 is 0 Å². The molecule has 17 heavy (non-hydrogen) atoms. The standard InChI is InChI=1S/C13H14Cl2N2/c1-3-6-16-11-7-8(2)17-13-10(15)5-4-9(14)12(11)13/h4-5,7H,3,6H2,1-2H3,(H,16,17). The van der Waals surface area contributed by atoms with Crippen LogP contribution in [0.3, 0.4) is 0 Å². The lowest BCUT2D eigenvalue weighted by atomic mass is 10.1. The molecule has 1 aromatic carbocycles. The van der Waals surface area contributed by atoms with E-state index in [1.165, 1.54) is 0 Å². The van der Waals surface area contributed by atoms with Crippen molar-refractivity contribution in [2.75, 3.05) is 11.9 Å². The zero-order valence-electron chi connectivity index (χ0n) is 9.85. The Kier molecular flexibility index (Phi) is 3.75. The van der Waals surface area contributed by atoms with E-state index in [1.807, 2.05) is 13.0 Å². The van der Waals surface area contributed by atoms with Crippen LogP contribution in [0.4, 0.5) is 5.69 Å². The smallest absolute Gasteiger partial charge is 0.0927 e. The monoisotopic (exact) mass is 268 g/mol. The number of anilines is 1.